The van der Waals surface area contributed by atoms with Gasteiger partial charge in [0.2, 0.25) is 5.82 Å². The molecule has 1 aromatic heterocycles. The van der Waals surface area contributed by atoms with Crippen LogP contribution in [-0.4, -0.2) is 24.6 Å². The highest BCUT2D eigenvalue weighted by Crippen LogP contribution is 2.37. The van der Waals surface area contributed by atoms with Gasteiger partial charge in [-0.05, 0) is 18.2 Å². The van der Waals surface area contributed by atoms with Crippen molar-refractivity contribution in [2.45, 2.75) is 16.0 Å². The number of aromatic amines is 1. The SMILES string of the molecule is CS(=O)(=O)c1ccc(-c2nc(C(F)(F)F)[nH]c2-c2ccccc2S)cc1. The average molecular weight is 398 g/mol. The van der Waals surface area contributed by atoms with Crippen molar-refractivity contribution < 1.29 is 21.6 Å². The van der Waals surface area contributed by atoms with Gasteiger partial charge in [0.15, 0.2) is 9.84 Å². The average Bonchev–Trinajstić information content (AvgIpc) is 3.00. The Morgan fingerprint density at radius 1 is 1.04 bits per heavy atom. The van der Waals surface area contributed by atoms with Gasteiger partial charge in [-0.15, -0.1) is 12.6 Å². The summed E-state index contributed by atoms with van der Waals surface area (Å²) in [6.07, 6.45) is -3.59. The van der Waals surface area contributed by atoms with Crippen LogP contribution in [0.3, 0.4) is 0 Å². The minimum Gasteiger partial charge on any atom is -0.334 e. The lowest BCUT2D eigenvalue weighted by atomic mass is 10.1. The Morgan fingerprint density at radius 2 is 1.65 bits per heavy atom. The van der Waals surface area contributed by atoms with E-state index in [0.29, 0.717) is 16.0 Å². The molecule has 0 fully saturated rings. The lowest BCUT2D eigenvalue weighted by Crippen LogP contribution is -2.07. The van der Waals surface area contributed by atoms with E-state index in [1.165, 1.54) is 24.3 Å². The van der Waals surface area contributed by atoms with Crippen LogP contribution < -0.4 is 0 Å². The lowest BCUT2D eigenvalue weighted by Gasteiger charge is -2.06. The third kappa shape index (κ3) is 3.63. The molecule has 3 rings (SSSR count). The number of hydrogen-bond donors (Lipinski definition) is 2. The first-order valence-electron chi connectivity index (χ1n) is 7.33. The van der Waals surface area contributed by atoms with Crippen molar-refractivity contribution in [1.82, 2.24) is 9.97 Å². The van der Waals surface area contributed by atoms with Crippen LogP contribution in [0.5, 0.6) is 0 Å². The molecule has 0 radical (unpaired) electrons. The second-order valence-corrected chi connectivity index (χ2v) is 8.12. The number of thiol groups is 1. The van der Waals surface area contributed by atoms with Crippen LogP contribution in [0.2, 0.25) is 0 Å². The zero-order chi connectivity index (χ0) is 19.1. The molecule has 9 heteroatoms. The third-order valence-electron chi connectivity index (χ3n) is 3.70. The summed E-state index contributed by atoms with van der Waals surface area (Å²) in [5.74, 6) is -1.13. The quantitative estimate of drug-likeness (QED) is 0.641. The fourth-order valence-electron chi connectivity index (χ4n) is 2.46. The predicted octanol–water partition coefficient (Wildman–Crippen LogP) is 4.45. The highest BCUT2D eigenvalue weighted by Gasteiger charge is 2.36. The number of halogens is 3. The Kier molecular flexibility index (Phi) is 4.61. The van der Waals surface area contributed by atoms with Gasteiger partial charge in [-0.1, -0.05) is 30.3 Å². The van der Waals surface area contributed by atoms with Crippen molar-refractivity contribution >= 4 is 22.5 Å². The number of nitrogens with zero attached hydrogens (tertiary/aromatic N) is 1. The van der Waals surface area contributed by atoms with Gasteiger partial charge in [0.1, 0.15) is 0 Å². The van der Waals surface area contributed by atoms with E-state index in [1.54, 1.807) is 24.3 Å². The number of sulfone groups is 1. The van der Waals surface area contributed by atoms with E-state index in [1.807, 2.05) is 0 Å². The maximum Gasteiger partial charge on any atom is 0.449 e. The maximum atomic E-state index is 13.1. The van der Waals surface area contributed by atoms with Gasteiger partial charge in [-0.25, -0.2) is 13.4 Å². The number of H-pyrrole nitrogens is 1. The van der Waals surface area contributed by atoms with Gasteiger partial charge in [-0.2, -0.15) is 13.2 Å². The van der Waals surface area contributed by atoms with Crippen LogP contribution in [0.1, 0.15) is 5.82 Å². The molecular weight excluding hydrogens is 385 g/mol. The van der Waals surface area contributed by atoms with Gasteiger partial charge < -0.3 is 4.98 Å². The van der Waals surface area contributed by atoms with Crippen molar-refractivity contribution in [3.05, 3.63) is 54.4 Å². The molecule has 0 spiro atoms. The van der Waals surface area contributed by atoms with Crippen LogP contribution in [-0.2, 0) is 16.0 Å². The fourth-order valence-corrected chi connectivity index (χ4v) is 3.36. The minimum absolute atomic E-state index is 0.0684. The number of hydrogen-bond acceptors (Lipinski definition) is 4. The number of imidazole rings is 1. The molecule has 0 bridgehead atoms. The molecule has 0 atom stereocenters. The molecule has 0 aliphatic heterocycles. The van der Waals surface area contributed by atoms with Crippen LogP contribution in [0.4, 0.5) is 13.2 Å². The largest absolute Gasteiger partial charge is 0.449 e. The summed E-state index contributed by atoms with van der Waals surface area (Å²) in [4.78, 5) is 6.57. The molecule has 3 aromatic rings. The molecule has 1 heterocycles. The molecule has 0 saturated carbocycles. The van der Waals surface area contributed by atoms with Crippen LogP contribution in [0.25, 0.3) is 22.5 Å². The Balaban J connectivity index is 2.20. The molecule has 4 nitrogen and oxygen atoms in total. The molecule has 0 amide bonds. The summed E-state index contributed by atoms with van der Waals surface area (Å²) in [5.41, 5.74) is 1.05. The van der Waals surface area contributed by atoms with Crippen molar-refractivity contribution in [3.63, 3.8) is 0 Å². The zero-order valence-electron chi connectivity index (χ0n) is 13.4. The van der Waals surface area contributed by atoms with Gasteiger partial charge in [-0.3, -0.25) is 0 Å². The van der Waals surface area contributed by atoms with E-state index in [9.17, 15) is 21.6 Å². The highest BCUT2D eigenvalue weighted by molar-refractivity contribution is 7.90. The van der Waals surface area contributed by atoms with Gasteiger partial charge in [0, 0.05) is 22.3 Å². The van der Waals surface area contributed by atoms with Gasteiger partial charge >= 0.3 is 6.18 Å². The number of benzene rings is 2. The van der Waals surface area contributed by atoms with E-state index in [-0.39, 0.29) is 16.3 Å². The molecule has 1 N–H and O–H groups in total. The van der Waals surface area contributed by atoms with Crippen molar-refractivity contribution in [1.29, 1.82) is 0 Å². The summed E-state index contributed by atoms with van der Waals surface area (Å²) in [6, 6.07) is 12.2. The number of alkyl halides is 3. The Bertz CT molecular complexity index is 1060. The van der Waals surface area contributed by atoms with Gasteiger partial charge in [0.25, 0.3) is 0 Å². The Morgan fingerprint density at radius 3 is 2.19 bits per heavy atom. The maximum absolute atomic E-state index is 13.1. The molecular formula is C17H13F3N2O2S2. The van der Waals surface area contributed by atoms with Crippen LogP contribution in [0, 0.1) is 0 Å². The van der Waals surface area contributed by atoms with Crippen molar-refractivity contribution in [2.75, 3.05) is 6.26 Å². The Hall–Kier alpha value is -2.26. The monoisotopic (exact) mass is 398 g/mol. The minimum atomic E-state index is -4.65. The molecule has 0 saturated heterocycles. The summed E-state index contributed by atoms with van der Waals surface area (Å²) in [5, 5.41) is 0. The van der Waals surface area contributed by atoms with E-state index in [0.717, 1.165) is 6.26 Å². The first-order valence-corrected chi connectivity index (χ1v) is 9.67. The third-order valence-corrected chi connectivity index (χ3v) is 5.22. The van der Waals surface area contributed by atoms with E-state index in [4.69, 9.17) is 0 Å². The van der Waals surface area contributed by atoms with E-state index < -0.39 is 21.8 Å². The predicted molar refractivity (Wildman–Crippen MR) is 94.8 cm³/mol. The molecule has 26 heavy (non-hydrogen) atoms. The standard InChI is InChI=1S/C17H13F3N2O2S2/c1-26(23,24)11-8-6-10(7-9-11)14-15(12-4-2-3-5-13(12)25)22-16(21-14)17(18,19)20/h2-9,25H,1H3,(H,21,22). The second-order valence-electron chi connectivity index (χ2n) is 5.62. The van der Waals surface area contributed by atoms with Crippen LogP contribution >= 0.6 is 12.6 Å². The zero-order valence-corrected chi connectivity index (χ0v) is 15.1. The smallest absolute Gasteiger partial charge is 0.334 e. The van der Waals surface area contributed by atoms with Crippen molar-refractivity contribution in [3.8, 4) is 22.5 Å². The normalized spacial score (nSPS) is 12.3. The summed E-state index contributed by atoms with van der Waals surface area (Å²) < 4.78 is 62.6. The summed E-state index contributed by atoms with van der Waals surface area (Å²) in [6.45, 7) is 0. The topological polar surface area (TPSA) is 62.8 Å². The first kappa shape index (κ1) is 18.5. The first-order chi connectivity index (χ1) is 12.1. The second kappa shape index (κ2) is 6.48. The Labute approximate surface area is 153 Å². The van der Waals surface area contributed by atoms with Gasteiger partial charge in [0.05, 0.1) is 16.3 Å². The lowest BCUT2D eigenvalue weighted by molar-refractivity contribution is -0.144. The van der Waals surface area contributed by atoms with Crippen molar-refractivity contribution in [2.24, 2.45) is 0 Å². The molecule has 136 valence electrons. The van der Waals surface area contributed by atoms with E-state index in [2.05, 4.69) is 22.6 Å². The fraction of sp³-hybridized carbons (Fsp3) is 0.118. The van der Waals surface area contributed by atoms with Crippen LogP contribution in [0.15, 0.2) is 58.3 Å². The number of rotatable bonds is 3. The van der Waals surface area contributed by atoms with E-state index >= 15 is 0 Å². The summed E-state index contributed by atoms with van der Waals surface area (Å²) >= 11 is 4.30. The molecule has 0 unspecified atom stereocenters. The highest BCUT2D eigenvalue weighted by atomic mass is 32.2. The molecule has 0 aliphatic carbocycles. The molecule has 2 aromatic carbocycles. The molecule has 0 aliphatic rings. The number of aromatic nitrogens is 2. The summed E-state index contributed by atoms with van der Waals surface area (Å²) in [7, 11) is -3.41. The number of nitrogens with one attached hydrogen (secondary N) is 1.